The Morgan fingerprint density at radius 2 is 0.964 bits per heavy atom. The maximum absolute atomic E-state index is 15.8. The van der Waals surface area contributed by atoms with Gasteiger partial charge in [0.1, 0.15) is 90.0 Å². The summed E-state index contributed by atoms with van der Waals surface area (Å²) >= 11 is 0.634. The van der Waals surface area contributed by atoms with Gasteiger partial charge in [-0.25, -0.2) is 13.2 Å². The van der Waals surface area contributed by atoms with Crippen LogP contribution in [0.4, 0.5) is 13.2 Å². The molecule has 0 aliphatic carbocycles. The number of primary amides is 1. The quantitative estimate of drug-likeness (QED) is 0.0365. The molecule has 6 aromatic carbocycles. The lowest BCUT2D eigenvalue weighted by Gasteiger charge is -2.38. The number of hydrogen-bond donors (Lipinski definition) is 17. The molecular weight excluding hydrogens is 1820 g/mol. The summed E-state index contributed by atoms with van der Waals surface area (Å²) in [5, 5.41) is 78.2. The van der Waals surface area contributed by atoms with Crippen LogP contribution in [0, 0.1) is 23.4 Å². The highest BCUT2D eigenvalue weighted by Gasteiger charge is 2.48. The summed E-state index contributed by atoms with van der Waals surface area (Å²) in [5.74, 6) is -25.4. The van der Waals surface area contributed by atoms with Crippen molar-refractivity contribution in [2.75, 3.05) is 58.8 Å². The van der Waals surface area contributed by atoms with E-state index >= 15 is 51.9 Å². The number of phenols is 2. The molecule has 38 nitrogen and oxygen atoms in total. The van der Waals surface area contributed by atoms with Gasteiger partial charge in [0.25, 0.3) is 0 Å². The van der Waals surface area contributed by atoms with Gasteiger partial charge < -0.3 is 114 Å². The number of fused-ring (bicyclic) bond motifs is 3. The summed E-state index contributed by atoms with van der Waals surface area (Å²) in [4.78, 5) is 247. The number of H-pyrrole nitrogens is 1. The number of rotatable bonds is 24. The van der Waals surface area contributed by atoms with E-state index in [1.807, 2.05) is 0 Å². The molecule has 3 fully saturated rings. The minimum atomic E-state index is -2.06. The fourth-order valence-electron chi connectivity index (χ4n) is 16.9. The van der Waals surface area contributed by atoms with Crippen molar-refractivity contribution in [1.29, 1.82) is 0 Å². The molecule has 4 heterocycles. The number of unbranched alkanes of at least 4 members (excludes halogenated alkanes) is 1. The number of carboxylic acids is 1. The normalized spacial score (nSPS) is 24.2. The van der Waals surface area contributed by atoms with Gasteiger partial charge in [-0.05, 0) is 108 Å². The molecule has 3 saturated heterocycles. The Labute approximate surface area is 797 Å². The van der Waals surface area contributed by atoms with E-state index in [1.165, 1.54) is 76.5 Å². The Bertz CT molecular complexity index is 5510. The summed E-state index contributed by atoms with van der Waals surface area (Å²) in [6, 6.07) is 12.9. The van der Waals surface area contributed by atoms with Crippen LogP contribution in [-0.4, -0.2) is 299 Å². The lowest BCUT2D eigenvalue weighted by Crippen LogP contribution is -2.62. The van der Waals surface area contributed by atoms with Crippen molar-refractivity contribution >= 4 is 117 Å². The Kier molecular flexibility index (Phi) is 38.2. The zero-order valence-corrected chi connectivity index (χ0v) is 77.8. The molecule has 1 aromatic heterocycles. The first-order chi connectivity index (χ1) is 65.7. The van der Waals surface area contributed by atoms with Crippen LogP contribution in [0.2, 0.25) is 0 Å². The van der Waals surface area contributed by atoms with Gasteiger partial charge in [-0.2, -0.15) is 0 Å². The monoisotopic (exact) mass is 1930 g/mol. The van der Waals surface area contributed by atoms with Crippen LogP contribution in [0.1, 0.15) is 106 Å². The molecule has 0 spiro atoms. The summed E-state index contributed by atoms with van der Waals surface area (Å²) in [6.45, 7) is 2.76. The number of aliphatic hydroxyl groups is 2. The molecule has 15 atom stereocenters. The first-order valence-corrected chi connectivity index (χ1v) is 46.4. The molecule has 0 saturated carbocycles. The molecule has 138 heavy (non-hydrogen) atoms. The van der Waals surface area contributed by atoms with Crippen LogP contribution in [0.25, 0.3) is 10.9 Å². The van der Waals surface area contributed by atoms with E-state index < -0.39 is 278 Å². The average Bonchev–Trinajstić information content (AvgIpc) is 1.81. The van der Waals surface area contributed by atoms with E-state index in [-0.39, 0.29) is 69.4 Å². The summed E-state index contributed by atoms with van der Waals surface area (Å²) in [5.41, 5.74) is 13.6. The van der Waals surface area contributed by atoms with Crippen molar-refractivity contribution in [1.82, 2.24) is 77.3 Å². The van der Waals surface area contributed by atoms with E-state index in [0.29, 0.717) is 69.0 Å². The molecule has 0 bridgehead atoms. The van der Waals surface area contributed by atoms with Gasteiger partial charge in [-0.3, -0.25) is 76.7 Å². The van der Waals surface area contributed by atoms with Crippen molar-refractivity contribution in [2.24, 2.45) is 17.4 Å². The second kappa shape index (κ2) is 49.7. The number of phenolic OH excluding ortho intramolecular Hbond substituents is 2. The summed E-state index contributed by atoms with van der Waals surface area (Å²) in [7, 11) is 3.61. The number of aliphatic hydroxyl groups excluding tert-OH is 2. The average molecular weight is 1940 g/mol. The number of aromatic hydroxyl groups is 2. The number of hydrogen-bond acceptors (Lipinski definition) is 22. The van der Waals surface area contributed by atoms with E-state index in [9.17, 15) is 63.5 Å². The second-order valence-corrected chi connectivity index (χ2v) is 36.1. The van der Waals surface area contributed by atoms with Gasteiger partial charge in [0.05, 0.1) is 30.9 Å². The molecule has 740 valence electrons. The van der Waals surface area contributed by atoms with Crippen LogP contribution < -0.4 is 59.3 Å². The molecule has 15 amide bonds. The Morgan fingerprint density at radius 3 is 1.52 bits per heavy atom. The fourth-order valence-corrected chi connectivity index (χ4v) is 17.8. The maximum atomic E-state index is 15.8. The summed E-state index contributed by atoms with van der Waals surface area (Å²) < 4.78 is 45.2. The van der Waals surface area contributed by atoms with E-state index in [0.717, 1.165) is 31.5 Å². The first-order valence-electron chi connectivity index (χ1n) is 45.3. The Morgan fingerprint density at radius 1 is 0.493 bits per heavy atom. The third-order valence-corrected chi connectivity index (χ3v) is 25.5. The van der Waals surface area contributed by atoms with Gasteiger partial charge >= 0.3 is 5.97 Å². The standard InChI is InChI=1S/C96H118F3N17O21S/c1-7-8-25-74-95(136)116-49-62(120)44-77(116)91(132)108-70(45-81(123)124)88(129)111-83(52(2)3)96(137)113(5)75(40-53-18-11-9-12-19-53)89(130)109-72(38-56-28-32-60(118)33-29-56)93(134)115-48-61(119)43-76(115)90(131)107-69(42-58-46-102-66-23-16-15-22-63(58)66)87(128)106-68(37-55-26-30-59(117)31-27-55)86(127)105-67(24-17-34-100)85(126)110-73(84(125)103-47-79(101)121)50-138-51-80(122)104-71(39-57-35-64(97)82(99)65(98)36-57)92(133)114(6)78(94(135)112(74)4)41-54-20-13-10-14-21-54/h9-16,18-23,26-33,35-36,46,52,61-62,67-78,83,102,117-120H,7-8,17,24-25,34,37-45,47-51,100H2,1-6H3,(H2,101,121)(H,103,125)(H,104,122)(H,105,127)(H,106,128)(H,107,131)(H,108,132)(H,109,130)(H,110,126)(H,111,129)(H,123,124)/t61-,62+,67-,68-,69-,70-,71-,72-,73-,74-,75-,76+,77+,78-,83-/m0/s1. The third-order valence-electron chi connectivity index (χ3n) is 24.4. The number of amides is 15. The lowest BCUT2D eigenvalue weighted by atomic mass is 9.98. The Hall–Kier alpha value is -14.0. The molecule has 0 unspecified atom stereocenters. The molecule has 3 aliphatic rings. The number of nitrogens with two attached hydrogens (primary N) is 2. The Balaban J connectivity index is 1.07. The highest BCUT2D eigenvalue weighted by atomic mass is 32.2. The van der Waals surface area contributed by atoms with Crippen LogP contribution >= 0.6 is 11.8 Å². The minimum absolute atomic E-state index is 0.00243. The SMILES string of the molecule is CCCC[C@H]1C(=O)N2C[C@H](O)C[C@@H]2C(=O)N[C@@H](CC(=O)O)C(=O)N[C@@H](C(C)C)C(=O)N(C)[C@@H](Cc2ccccc2)C(=O)N[C@@H](Cc2ccc(O)cc2)C(=O)N2C[C@@H](O)C[C@@H]2C(=O)N[C@@H](Cc2c[nH]c3ccccc23)C(=O)N[C@@H](Cc2ccc(O)cc2)C(=O)N[C@@H](CCCN)C(=O)N[C@H](C(=O)NCC(N)=O)CSCC(=O)N[C@@H](Cc2cc(F)c(F)c(F)c2)C(=O)N(C)[C@@H](Cc2ccccc2)C(=O)N1C. The fraction of sp³-hybridized carbons (Fsp3) is 0.438. The van der Waals surface area contributed by atoms with Gasteiger partial charge in [-0.1, -0.05) is 137 Å². The number of para-hydroxylation sites is 1. The predicted molar refractivity (Wildman–Crippen MR) is 498 cm³/mol. The third kappa shape index (κ3) is 28.8. The van der Waals surface area contributed by atoms with Crippen LogP contribution in [0.15, 0.2) is 152 Å². The van der Waals surface area contributed by atoms with Crippen molar-refractivity contribution in [3.8, 4) is 11.5 Å². The topological polar surface area (TPSA) is 567 Å². The van der Waals surface area contributed by atoms with E-state index in [1.54, 1.807) is 98.0 Å². The number of benzene rings is 6. The number of carboxylic acid groups (broad SMARTS) is 1. The predicted octanol–water partition coefficient (Wildman–Crippen LogP) is 0.443. The molecule has 7 aromatic rings. The number of thioether (sulfide) groups is 1. The number of carbonyl (C=O) groups excluding carboxylic acids is 15. The molecule has 3 aliphatic heterocycles. The largest absolute Gasteiger partial charge is 0.508 e. The molecule has 42 heteroatoms. The van der Waals surface area contributed by atoms with Crippen LogP contribution in [0.3, 0.4) is 0 Å². The van der Waals surface area contributed by atoms with Gasteiger partial charge in [0.2, 0.25) is 88.6 Å². The van der Waals surface area contributed by atoms with Crippen LogP contribution in [0.5, 0.6) is 11.5 Å². The van der Waals surface area contributed by atoms with Gasteiger partial charge in [0, 0.05) is 108 Å². The van der Waals surface area contributed by atoms with Crippen molar-refractivity contribution < 1.29 is 115 Å². The zero-order valence-electron chi connectivity index (χ0n) is 77.0. The summed E-state index contributed by atoms with van der Waals surface area (Å²) in [6.07, 6.45) is -5.89. The van der Waals surface area contributed by atoms with E-state index in [2.05, 4.69) is 52.8 Å². The zero-order chi connectivity index (χ0) is 100. The highest BCUT2D eigenvalue weighted by molar-refractivity contribution is 8.00. The number of aromatic nitrogens is 1. The molecular formula is C96H118F3N17O21S. The van der Waals surface area contributed by atoms with Crippen molar-refractivity contribution in [3.05, 3.63) is 203 Å². The van der Waals surface area contributed by atoms with Gasteiger partial charge in [-0.15, -0.1) is 11.8 Å². The first kappa shape index (κ1) is 106. The number of aliphatic carboxylic acids is 1. The molecule has 0 radical (unpaired) electrons. The molecule has 10 rings (SSSR count). The minimum Gasteiger partial charge on any atom is -0.508 e. The second-order valence-electron chi connectivity index (χ2n) is 35.0. The number of likely N-dealkylation sites (N-methyl/N-ethyl adjacent to an activating group) is 3. The number of nitrogens with zero attached hydrogens (tertiary/aromatic N) is 5. The van der Waals surface area contributed by atoms with Crippen molar-refractivity contribution in [2.45, 2.75) is 201 Å². The van der Waals surface area contributed by atoms with E-state index in [4.69, 9.17) is 11.5 Å². The number of carbonyl (C=O) groups is 16. The molecule has 19 N–H and O–H groups in total. The smallest absolute Gasteiger partial charge is 0.305 e. The lowest BCUT2D eigenvalue weighted by molar-refractivity contribution is -0.152. The highest BCUT2D eigenvalue weighted by Crippen LogP contribution is 2.29. The number of halogens is 3. The van der Waals surface area contributed by atoms with Crippen LogP contribution in [-0.2, 0) is 115 Å². The van der Waals surface area contributed by atoms with Crippen molar-refractivity contribution in [3.63, 3.8) is 0 Å². The number of aromatic amines is 1. The van der Waals surface area contributed by atoms with Gasteiger partial charge in [0.15, 0.2) is 17.5 Å². The maximum Gasteiger partial charge on any atom is 0.305 e. The number of nitrogens with one attached hydrogen (secondary N) is 10.